The van der Waals surface area contributed by atoms with Crippen LogP contribution in [-0.2, 0) is 39.9 Å². The van der Waals surface area contributed by atoms with Crippen LogP contribution in [0.3, 0.4) is 0 Å². The molecule has 0 saturated heterocycles. The molecule has 0 aliphatic heterocycles. The number of aliphatic carboxylic acids is 2. The van der Waals surface area contributed by atoms with Crippen LogP contribution in [-0.4, -0.2) is 49.7 Å². The second-order valence-corrected chi connectivity index (χ2v) is 18.3. The van der Waals surface area contributed by atoms with Gasteiger partial charge in [-0.2, -0.15) is 0 Å². The average molecular weight is 843 g/mol. The molecule has 3 aromatic carbocycles. The number of aliphatic hydroxyl groups is 3. The van der Waals surface area contributed by atoms with Crippen molar-refractivity contribution in [2.24, 2.45) is 17.6 Å². The number of benzene rings is 3. The number of halogens is 2. The van der Waals surface area contributed by atoms with Crippen molar-refractivity contribution in [3.05, 3.63) is 129 Å². The Labute approximate surface area is 359 Å². The van der Waals surface area contributed by atoms with Gasteiger partial charge in [-0.15, -0.1) is 0 Å². The van der Waals surface area contributed by atoms with Crippen molar-refractivity contribution in [2.75, 3.05) is 0 Å². The number of nitrogens with zero attached hydrogens (tertiary/aromatic N) is 2. The summed E-state index contributed by atoms with van der Waals surface area (Å²) in [4.78, 5) is 29.1. The maximum absolute atomic E-state index is 14.4. The molecule has 61 heavy (non-hydrogen) atoms. The summed E-state index contributed by atoms with van der Waals surface area (Å²) < 4.78 is 28.7. The Hall–Kier alpha value is -4.72. The summed E-state index contributed by atoms with van der Waals surface area (Å²) in [6.07, 6.45) is 8.36. The summed E-state index contributed by atoms with van der Waals surface area (Å²) >= 11 is 0. The zero-order valence-electron chi connectivity index (χ0n) is 35.9. The molecule has 0 amide bonds. The van der Waals surface area contributed by atoms with Crippen molar-refractivity contribution >= 4 is 11.9 Å². The number of aliphatic hydroxyl groups excluding tert-OH is 1. The monoisotopic (exact) mass is 842 g/mol. The first kappa shape index (κ1) is 48.9. The molecule has 0 aromatic heterocycles. The van der Waals surface area contributed by atoms with Gasteiger partial charge in [0.2, 0.25) is 0 Å². The van der Waals surface area contributed by atoms with Gasteiger partial charge in [0.1, 0.15) is 11.6 Å². The summed E-state index contributed by atoms with van der Waals surface area (Å²) in [6.45, 7) is 21.0. The van der Waals surface area contributed by atoms with E-state index in [4.69, 9.17) is 24.0 Å². The van der Waals surface area contributed by atoms with Crippen molar-refractivity contribution in [2.45, 2.75) is 158 Å². The topological polar surface area (TPSA) is 173 Å². The molecule has 2 saturated carbocycles. The number of fused-ring (bicyclic) bond motifs is 1. The first-order valence-electron chi connectivity index (χ1n) is 21.4. The third kappa shape index (κ3) is 12.9. The molecular weight excluding hydrogens is 781 g/mol. The second kappa shape index (κ2) is 20.9. The fourth-order valence-corrected chi connectivity index (χ4v) is 9.18. The lowest BCUT2D eigenvalue weighted by Gasteiger charge is -2.35. The van der Waals surface area contributed by atoms with Crippen LogP contribution in [0.15, 0.2) is 60.7 Å². The van der Waals surface area contributed by atoms with Crippen molar-refractivity contribution in [1.82, 2.24) is 0 Å². The van der Waals surface area contributed by atoms with Crippen LogP contribution in [0.2, 0.25) is 0 Å². The zero-order chi connectivity index (χ0) is 45.2. The first-order valence-corrected chi connectivity index (χ1v) is 21.4. The lowest BCUT2D eigenvalue weighted by Crippen LogP contribution is -2.43. The molecule has 0 spiro atoms. The van der Waals surface area contributed by atoms with Crippen LogP contribution >= 0.6 is 0 Å². The molecule has 3 aromatic rings. The van der Waals surface area contributed by atoms with Crippen LogP contribution in [0.1, 0.15) is 144 Å². The molecule has 6 N–H and O–H groups in total. The number of hydrogen-bond acceptors (Lipinski definition) is 7. The molecule has 3 aliphatic carbocycles. The van der Waals surface area contributed by atoms with Gasteiger partial charge in [0.05, 0.1) is 40.9 Å². The van der Waals surface area contributed by atoms with Crippen LogP contribution < -0.4 is 10.8 Å². The number of rotatable bonds is 14. The van der Waals surface area contributed by atoms with Crippen molar-refractivity contribution in [3.8, 4) is 0 Å². The van der Waals surface area contributed by atoms with E-state index in [1.54, 1.807) is 52.0 Å². The van der Waals surface area contributed by atoms with E-state index in [0.29, 0.717) is 47.9 Å². The summed E-state index contributed by atoms with van der Waals surface area (Å²) in [5.74, 6) is -3.18. The number of aryl methyl sites for hydroxylation is 2. The standard InChI is InChI=1S/2C20H26FNO3.C9H11NO/c2*1-19(2,22-3)16-9-8-14(12-17(16)21)10-11-20(25,13-18(23)24)15-6-4-5-7-15;10-9-7-4-2-1-3-6(7)5-8(9)11/h2*8-9,12,15,25H,4-7,10-11,13H2,1-2H3,(H,23,24);1-4,8-9,11H,5,10H2/p-1/t2*20-;8-,9+/m110/s1. The van der Waals surface area contributed by atoms with Gasteiger partial charge < -0.3 is 45.8 Å². The van der Waals surface area contributed by atoms with Crippen LogP contribution in [0.25, 0.3) is 9.69 Å². The molecule has 330 valence electrons. The van der Waals surface area contributed by atoms with Crippen molar-refractivity contribution < 1.29 is 43.9 Å². The highest BCUT2D eigenvalue weighted by atomic mass is 19.1. The van der Waals surface area contributed by atoms with E-state index in [1.807, 2.05) is 24.3 Å². The molecular formula is C49H62F2N3O7-. The predicted octanol–water partition coefficient (Wildman–Crippen LogP) is 7.89. The van der Waals surface area contributed by atoms with Crippen LogP contribution in [0.5, 0.6) is 0 Å². The predicted molar refractivity (Wildman–Crippen MR) is 227 cm³/mol. The molecule has 2 fully saturated rings. The molecule has 0 heterocycles. The largest absolute Gasteiger partial charge is 0.550 e. The molecule has 0 bridgehead atoms. The minimum atomic E-state index is -1.31. The van der Waals surface area contributed by atoms with Crippen LogP contribution in [0, 0.1) is 36.6 Å². The Morgan fingerprint density at radius 2 is 1.18 bits per heavy atom. The molecule has 12 heteroatoms. The number of carboxylic acid groups (broad SMARTS) is 2. The van der Waals surface area contributed by atoms with Gasteiger partial charge in [-0.05, 0) is 110 Å². The van der Waals surface area contributed by atoms with E-state index in [0.717, 1.165) is 56.9 Å². The van der Waals surface area contributed by atoms with Gasteiger partial charge in [0, 0.05) is 46.5 Å². The van der Waals surface area contributed by atoms with E-state index in [9.17, 15) is 38.8 Å². The van der Waals surface area contributed by atoms with Gasteiger partial charge >= 0.3 is 5.97 Å². The number of carboxylic acids is 2. The van der Waals surface area contributed by atoms with E-state index in [-0.39, 0.29) is 43.2 Å². The number of carbonyl (C=O) groups excluding carboxylic acids is 1. The van der Waals surface area contributed by atoms with Gasteiger partial charge in [-0.1, -0.05) is 62.1 Å². The highest BCUT2D eigenvalue weighted by Crippen LogP contribution is 2.41. The smallest absolute Gasteiger partial charge is 0.306 e. The van der Waals surface area contributed by atoms with Crippen LogP contribution in [0.4, 0.5) is 8.78 Å². The van der Waals surface area contributed by atoms with E-state index in [2.05, 4.69) is 9.69 Å². The minimum Gasteiger partial charge on any atom is -0.550 e. The fourth-order valence-electron chi connectivity index (χ4n) is 9.18. The normalized spacial score (nSPS) is 19.8. The Morgan fingerprint density at radius 1 is 0.754 bits per heavy atom. The lowest BCUT2D eigenvalue weighted by molar-refractivity contribution is -0.310. The van der Waals surface area contributed by atoms with Gasteiger partial charge in [0.15, 0.2) is 0 Å². The van der Waals surface area contributed by atoms with E-state index >= 15 is 0 Å². The molecule has 0 unspecified atom stereocenters. The Bertz CT molecular complexity index is 1950. The number of hydrogen-bond donors (Lipinski definition) is 5. The summed E-state index contributed by atoms with van der Waals surface area (Å²) in [5.41, 5.74) is 5.72. The summed E-state index contributed by atoms with van der Waals surface area (Å²) in [7, 11) is 0. The number of carbonyl (C=O) groups is 2. The zero-order valence-corrected chi connectivity index (χ0v) is 35.9. The molecule has 0 radical (unpaired) electrons. The average Bonchev–Trinajstić information content (AvgIpc) is 4.00. The molecule has 3 aliphatic rings. The summed E-state index contributed by atoms with van der Waals surface area (Å²) in [6, 6.07) is 17.3. The molecule has 6 rings (SSSR count). The Morgan fingerprint density at radius 3 is 1.56 bits per heavy atom. The lowest BCUT2D eigenvalue weighted by atomic mass is 9.79. The Kier molecular flexibility index (Phi) is 16.8. The van der Waals surface area contributed by atoms with Gasteiger partial charge in [-0.3, -0.25) is 4.79 Å². The van der Waals surface area contributed by atoms with E-state index in [1.165, 1.54) is 17.7 Å². The first-order chi connectivity index (χ1) is 28.6. The van der Waals surface area contributed by atoms with Gasteiger partial charge in [0.25, 0.3) is 11.1 Å². The Balaban J connectivity index is 0.000000216. The highest BCUT2D eigenvalue weighted by molar-refractivity contribution is 5.68. The van der Waals surface area contributed by atoms with E-state index < -0.39 is 45.9 Å². The minimum absolute atomic E-state index is 0.00577. The third-order valence-corrected chi connectivity index (χ3v) is 13.0. The third-order valence-electron chi connectivity index (χ3n) is 13.0. The van der Waals surface area contributed by atoms with Gasteiger partial charge in [-0.25, -0.2) is 21.9 Å². The SMILES string of the molecule is N[C@@H]1c2ccccc2C[C@@H]1O.[C-]#[N+]C(C)(C)c1ccc(CC[C@@](O)(CC(=O)O)C2CCCC2)cc1F.[C-]#[N+]C(C)(C)c1ccc(CC[C@@](O)(CC(=O)[O-])C2CCCC2)cc1F. The number of nitrogens with two attached hydrogens (primary N) is 1. The highest BCUT2D eigenvalue weighted by Gasteiger charge is 2.41. The maximum Gasteiger partial charge on any atom is 0.306 e. The van der Waals surface area contributed by atoms with Crippen molar-refractivity contribution in [3.63, 3.8) is 0 Å². The maximum atomic E-state index is 14.4. The quantitative estimate of drug-likeness (QED) is 0.102. The molecule has 4 atom stereocenters. The molecule has 10 nitrogen and oxygen atoms in total. The fraction of sp³-hybridized carbons (Fsp3) is 0.551. The van der Waals surface area contributed by atoms with Crippen molar-refractivity contribution in [1.29, 1.82) is 0 Å². The second-order valence-electron chi connectivity index (χ2n) is 18.3. The summed E-state index contributed by atoms with van der Waals surface area (Å²) in [5, 5.41) is 51.4.